The largest absolute Gasteiger partial charge is 0.480 e. The molecule has 1 aliphatic carbocycles. The highest BCUT2D eigenvalue weighted by Crippen LogP contribution is 2.32. The van der Waals surface area contributed by atoms with Crippen molar-refractivity contribution in [2.24, 2.45) is 5.92 Å². The molecule has 2 rings (SSSR count). The maximum atomic E-state index is 11.7. The van der Waals surface area contributed by atoms with E-state index in [9.17, 15) is 9.59 Å². The van der Waals surface area contributed by atoms with Gasteiger partial charge in [0.1, 0.15) is 17.1 Å². The topological polar surface area (TPSA) is 102 Å². The number of thiophene rings is 1. The predicted octanol–water partition coefficient (Wildman–Crippen LogP) is 1.01. The highest BCUT2D eigenvalue weighted by Gasteiger charge is 2.36. The number of anilines is 1. The summed E-state index contributed by atoms with van der Waals surface area (Å²) in [6.07, 6.45) is 1.77. The Kier molecular flexibility index (Phi) is 4.14. The van der Waals surface area contributed by atoms with Crippen LogP contribution in [0.15, 0.2) is 11.4 Å². The molecule has 6 nitrogen and oxygen atoms in total. The SMILES string of the molecule is N#Cc1ccsc1NC(=O)CNC(C(=O)O)C1CC1. The van der Waals surface area contributed by atoms with E-state index in [2.05, 4.69) is 10.6 Å². The van der Waals surface area contributed by atoms with Crippen LogP contribution in [0.1, 0.15) is 18.4 Å². The Morgan fingerprint density at radius 2 is 2.32 bits per heavy atom. The van der Waals surface area contributed by atoms with Crippen LogP contribution in [-0.2, 0) is 9.59 Å². The summed E-state index contributed by atoms with van der Waals surface area (Å²) in [6.45, 7) is -0.0732. The molecule has 3 N–H and O–H groups in total. The summed E-state index contributed by atoms with van der Waals surface area (Å²) >= 11 is 1.26. The average molecular weight is 279 g/mol. The van der Waals surface area contributed by atoms with Gasteiger partial charge in [0.05, 0.1) is 12.1 Å². The number of nitriles is 1. The molecular formula is C12H13N3O3S. The number of carbonyl (C=O) groups excluding carboxylic acids is 1. The Balaban J connectivity index is 1.84. The minimum Gasteiger partial charge on any atom is -0.480 e. The van der Waals surface area contributed by atoms with Gasteiger partial charge in [-0.2, -0.15) is 5.26 Å². The standard InChI is InChI=1S/C12H13N3O3S/c13-5-8-3-4-19-11(8)15-9(16)6-14-10(12(17)18)7-1-2-7/h3-4,7,10,14H,1-2,6H2,(H,15,16)(H,17,18). The van der Waals surface area contributed by atoms with Crippen molar-refractivity contribution in [1.29, 1.82) is 5.26 Å². The van der Waals surface area contributed by atoms with Gasteiger partial charge in [0, 0.05) is 0 Å². The molecule has 0 aromatic carbocycles. The van der Waals surface area contributed by atoms with Crippen LogP contribution in [0.3, 0.4) is 0 Å². The Labute approximate surface area is 114 Å². The number of hydrogen-bond acceptors (Lipinski definition) is 5. The fourth-order valence-corrected chi connectivity index (χ4v) is 2.51. The van der Waals surface area contributed by atoms with Gasteiger partial charge in [-0.25, -0.2) is 0 Å². The summed E-state index contributed by atoms with van der Waals surface area (Å²) < 4.78 is 0. The van der Waals surface area contributed by atoms with Gasteiger partial charge < -0.3 is 10.4 Å². The van der Waals surface area contributed by atoms with Crippen LogP contribution in [0.2, 0.25) is 0 Å². The molecule has 1 aromatic heterocycles. The number of aliphatic carboxylic acids is 1. The average Bonchev–Trinajstić information content (AvgIpc) is 3.09. The van der Waals surface area contributed by atoms with E-state index in [1.807, 2.05) is 6.07 Å². The van der Waals surface area contributed by atoms with E-state index in [4.69, 9.17) is 10.4 Å². The number of nitrogens with one attached hydrogen (secondary N) is 2. The van der Waals surface area contributed by atoms with Gasteiger partial charge >= 0.3 is 5.97 Å². The second-order valence-electron chi connectivity index (χ2n) is 4.36. The van der Waals surface area contributed by atoms with Crippen molar-refractivity contribution < 1.29 is 14.7 Å². The lowest BCUT2D eigenvalue weighted by Gasteiger charge is -2.12. The van der Waals surface area contributed by atoms with Crippen LogP contribution < -0.4 is 10.6 Å². The Hall–Kier alpha value is -1.91. The highest BCUT2D eigenvalue weighted by molar-refractivity contribution is 7.14. The third-order valence-corrected chi connectivity index (χ3v) is 3.71. The fraction of sp³-hybridized carbons (Fsp3) is 0.417. The zero-order valence-electron chi connectivity index (χ0n) is 10.0. The summed E-state index contributed by atoms with van der Waals surface area (Å²) in [6, 6.07) is 2.93. The van der Waals surface area contributed by atoms with Crippen LogP contribution in [0, 0.1) is 17.2 Å². The second kappa shape index (κ2) is 5.82. The lowest BCUT2D eigenvalue weighted by Crippen LogP contribution is -2.42. The lowest BCUT2D eigenvalue weighted by atomic mass is 10.2. The molecule has 19 heavy (non-hydrogen) atoms. The zero-order valence-corrected chi connectivity index (χ0v) is 10.9. The molecule has 0 spiro atoms. The lowest BCUT2D eigenvalue weighted by molar-refractivity contribution is -0.140. The quantitative estimate of drug-likeness (QED) is 0.721. The van der Waals surface area contributed by atoms with Gasteiger partial charge in [-0.05, 0) is 30.2 Å². The maximum Gasteiger partial charge on any atom is 0.320 e. The van der Waals surface area contributed by atoms with Gasteiger partial charge in [-0.3, -0.25) is 14.9 Å². The smallest absolute Gasteiger partial charge is 0.320 e. The van der Waals surface area contributed by atoms with Gasteiger partial charge in [0.2, 0.25) is 5.91 Å². The van der Waals surface area contributed by atoms with Crippen molar-refractivity contribution in [3.8, 4) is 6.07 Å². The second-order valence-corrected chi connectivity index (χ2v) is 5.27. The predicted molar refractivity (Wildman–Crippen MR) is 69.8 cm³/mol. The summed E-state index contributed by atoms with van der Waals surface area (Å²) in [5.74, 6) is -1.14. The molecule has 1 aromatic rings. The van der Waals surface area contributed by atoms with Crippen LogP contribution in [-0.4, -0.2) is 29.6 Å². The zero-order chi connectivity index (χ0) is 13.8. The third-order valence-electron chi connectivity index (χ3n) is 2.88. The molecule has 1 fully saturated rings. The van der Waals surface area contributed by atoms with Crippen molar-refractivity contribution in [3.63, 3.8) is 0 Å². The van der Waals surface area contributed by atoms with E-state index in [-0.39, 0.29) is 18.4 Å². The molecule has 100 valence electrons. The minimum atomic E-state index is -0.927. The van der Waals surface area contributed by atoms with Crippen LogP contribution in [0.4, 0.5) is 5.00 Å². The molecule has 0 aliphatic heterocycles. The molecule has 1 saturated carbocycles. The van der Waals surface area contributed by atoms with Crippen LogP contribution in [0.25, 0.3) is 0 Å². The summed E-state index contributed by atoms with van der Waals surface area (Å²) in [7, 11) is 0. The summed E-state index contributed by atoms with van der Waals surface area (Å²) in [5.41, 5.74) is 0.412. The molecule has 1 atom stereocenters. The molecule has 0 saturated heterocycles. The first-order chi connectivity index (χ1) is 9.11. The van der Waals surface area contributed by atoms with Gasteiger partial charge in [0.15, 0.2) is 0 Å². The van der Waals surface area contributed by atoms with Crippen molar-refractivity contribution >= 4 is 28.2 Å². The summed E-state index contributed by atoms with van der Waals surface area (Å²) in [5, 5.41) is 25.3. The Bertz CT molecular complexity index is 531. The maximum absolute atomic E-state index is 11.7. The molecule has 0 bridgehead atoms. The molecule has 1 amide bonds. The molecule has 1 heterocycles. The van der Waals surface area contributed by atoms with Crippen LogP contribution >= 0.6 is 11.3 Å². The van der Waals surface area contributed by atoms with E-state index < -0.39 is 12.0 Å². The Morgan fingerprint density at radius 3 is 2.89 bits per heavy atom. The first-order valence-corrected chi connectivity index (χ1v) is 6.73. The van der Waals surface area contributed by atoms with Gasteiger partial charge in [-0.1, -0.05) is 0 Å². The summed E-state index contributed by atoms with van der Waals surface area (Å²) in [4.78, 5) is 22.7. The van der Waals surface area contributed by atoms with E-state index in [1.54, 1.807) is 11.4 Å². The van der Waals surface area contributed by atoms with E-state index >= 15 is 0 Å². The number of nitrogens with zero attached hydrogens (tertiary/aromatic N) is 1. The normalized spacial score (nSPS) is 15.5. The monoisotopic (exact) mass is 279 g/mol. The molecule has 1 aliphatic rings. The first-order valence-electron chi connectivity index (χ1n) is 5.85. The third kappa shape index (κ3) is 3.53. The number of rotatable bonds is 6. The van der Waals surface area contributed by atoms with E-state index in [0.717, 1.165) is 12.8 Å². The van der Waals surface area contributed by atoms with Gasteiger partial charge in [0.25, 0.3) is 0 Å². The van der Waals surface area contributed by atoms with Crippen molar-refractivity contribution in [2.75, 3.05) is 11.9 Å². The molecular weight excluding hydrogens is 266 g/mol. The van der Waals surface area contributed by atoms with Gasteiger partial charge in [-0.15, -0.1) is 11.3 Å². The first kappa shape index (κ1) is 13.5. The van der Waals surface area contributed by atoms with E-state index in [1.165, 1.54) is 11.3 Å². The number of hydrogen-bond donors (Lipinski definition) is 3. The van der Waals surface area contributed by atoms with Crippen molar-refractivity contribution in [1.82, 2.24) is 5.32 Å². The fourth-order valence-electron chi connectivity index (χ4n) is 1.75. The molecule has 0 radical (unpaired) electrons. The number of amides is 1. The Morgan fingerprint density at radius 1 is 1.58 bits per heavy atom. The minimum absolute atomic E-state index is 0.0732. The van der Waals surface area contributed by atoms with Crippen molar-refractivity contribution in [3.05, 3.63) is 17.0 Å². The number of carboxylic acids is 1. The van der Waals surface area contributed by atoms with E-state index in [0.29, 0.717) is 10.6 Å². The molecule has 7 heteroatoms. The molecule has 1 unspecified atom stereocenters. The number of carboxylic acid groups (broad SMARTS) is 1. The van der Waals surface area contributed by atoms with Crippen molar-refractivity contribution in [2.45, 2.75) is 18.9 Å². The van der Waals surface area contributed by atoms with Crippen LogP contribution in [0.5, 0.6) is 0 Å². The number of carbonyl (C=O) groups is 2. The highest BCUT2D eigenvalue weighted by atomic mass is 32.1.